The SMILES string of the molecule is CS(=O)(=O)c1ccc(Nc2cc3c(C4CCC(C(=O)N5CCOCC5)CC4)nccc3cn2)cc1. The molecule has 2 aromatic heterocycles. The molecule has 0 atom stereocenters. The molecule has 5 rings (SSSR count). The van der Waals surface area contributed by atoms with Gasteiger partial charge in [0, 0.05) is 60.0 Å². The van der Waals surface area contributed by atoms with Gasteiger partial charge in [0.25, 0.3) is 0 Å². The number of pyridine rings is 2. The first-order valence-electron chi connectivity index (χ1n) is 12.1. The molecule has 0 unspecified atom stereocenters. The Balaban J connectivity index is 1.31. The number of anilines is 2. The summed E-state index contributed by atoms with van der Waals surface area (Å²) in [4.78, 5) is 24.4. The molecule has 0 spiro atoms. The smallest absolute Gasteiger partial charge is 0.225 e. The summed E-state index contributed by atoms with van der Waals surface area (Å²) in [6, 6.07) is 10.6. The number of nitrogens with one attached hydrogen (secondary N) is 1. The van der Waals surface area contributed by atoms with Crippen molar-refractivity contribution in [1.82, 2.24) is 14.9 Å². The van der Waals surface area contributed by atoms with Gasteiger partial charge >= 0.3 is 0 Å². The summed E-state index contributed by atoms with van der Waals surface area (Å²) in [5, 5.41) is 5.35. The minimum absolute atomic E-state index is 0.0909. The van der Waals surface area contributed by atoms with Crippen LogP contribution in [0, 0.1) is 5.92 Å². The second kappa shape index (κ2) is 9.91. The summed E-state index contributed by atoms with van der Waals surface area (Å²) in [6.07, 6.45) is 8.49. The van der Waals surface area contributed by atoms with Crippen LogP contribution in [0.3, 0.4) is 0 Å². The van der Waals surface area contributed by atoms with Crippen molar-refractivity contribution in [3.63, 3.8) is 0 Å². The third-order valence-corrected chi connectivity index (χ3v) is 8.15. The van der Waals surface area contributed by atoms with Crippen LogP contribution in [-0.4, -0.2) is 61.8 Å². The van der Waals surface area contributed by atoms with Crippen LogP contribution >= 0.6 is 0 Å². The van der Waals surface area contributed by atoms with Crippen molar-refractivity contribution in [2.45, 2.75) is 36.5 Å². The molecule has 1 N–H and O–H groups in total. The van der Waals surface area contributed by atoms with E-state index in [0.717, 1.165) is 47.8 Å². The number of hydrogen-bond donors (Lipinski definition) is 1. The number of carbonyl (C=O) groups excluding carboxylic acids is 1. The molecule has 1 aliphatic heterocycles. The van der Waals surface area contributed by atoms with Crippen LogP contribution in [0.15, 0.2) is 53.7 Å². The van der Waals surface area contributed by atoms with Crippen molar-refractivity contribution >= 4 is 38.0 Å². The predicted octanol–water partition coefficient (Wildman–Crippen LogP) is 3.91. The molecule has 1 saturated heterocycles. The zero-order valence-electron chi connectivity index (χ0n) is 19.8. The van der Waals surface area contributed by atoms with E-state index < -0.39 is 9.84 Å². The van der Waals surface area contributed by atoms with E-state index in [9.17, 15) is 13.2 Å². The molecule has 2 aliphatic rings. The summed E-state index contributed by atoms with van der Waals surface area (Å²) in [7, 11) is -3.24. The van der Waals surface area contributed by atoms with Gasteiger partial charge in [-0.15, -0.1) is 0 Å². The second-order valence-electron chi connectivity index (χ2n) is 9.39. The first kappa shape index (κ1) is 23.7. The van der Waals surface area contributed by atoms with E-state index in [1.54, 1.807) is 24.3 Å². The van der Waals surface area contributed by atoms with Crippen molar-refractivity contribution in [3.05, 3.63) is 54.5 Å². The number of aromatic nitrogens is 2. The third-order valence-electron chi connectivity index (χ3n) is 7.02. The fraction of sp³-hybridized carbons (Fsp3) is 0.423. The van der Waals surface area contributed by atoms with Crippen LogP contribution in [0.4, 0.5) is 11.5 Å². The number of hydrogen-bond acceptors (Lipinski definition) is 7. The highest BCUT2D eigenvalue weighted by Crippen LogP contribution is 2.38. The van der Waals surface area contributed by atoms with Crippen LogP contribution in [0.5, 0.6) is 0 Å². The average Bonchev–Trinajstić information content (AvgIpc) is 2.88. The molecule has 8 nitrogen and oxygen atoms in total. The number of nitrogens with zero attached hydrogens (tertiary/aromatic N) is 3. The maximum absolute atomic E-state index is 12.9. The first-order chi connectivity index (χ1) is 16.9. The highest BCUT2D eigenvalue weighted by Gasteiger charge is 2.31. The molecule has 1 aliphatic carbocycles. The summed E-state index contributed by atoms with van der Waals surface area (Å²) >= 11 is 0. The zero-order valence-corrected chi connectivity index (χ0v) is 20.6. The number of ether oxygens (including phenoxy) is 1. The van der Waals surface area contributed by atoms with E-state index >= 15 is 0 Å². The van der Waals surface area contributed by atoms with Gasteiger partial charge in [-0.25, -0.2) is 13.4 Å². The molecule has 35 heavy (non-hydrogen) atoms. The lowest BCUT2D eigenvalue weighted by Gasteiger charge is -2.34. The van der Waals surface area contributed by atoms with Crippen molar-refractivity contribution in [2.75, 3.05) is 37.9 Å². The second-order valence-corrected chi connectivity index (χ2v) is 11.4. The zero-order chi connectivity index (χ0) is 24.4. The number of carbonyl (C=O) groups is 1. The summed E-state index contributed by atoms with van der Waals surface area (Å²) in [5.74, 6) is 1.34. The molecule has 1 amide bonds. The molecular formula is C26H30N4O4S. The van der Waals surface area contributed by atoms with Crippen molar-refractivity contribution in [2.24, 2.45) is 5.92 Å². The lowest BCUT2D eigenvalue weighted by Crippen LogP contribution is -2.44. The Kier molecular flexibility index (Phi) is 6.71. The average molecular weight is 495 g/mol. The molecule has 0 bridgehead atoms. The first-order valence-corrected chi connectivity index (χ1v) is 14.0. The van der Waals surface area contributed by atoms with E-state index in [4.69, 9.17) is 9.72 Å². The standard InChI is InChI=1S/C26H30N4O4S/c1-35(32,33)22-8-6-21(7-9-22)29-24-16-23-20(17-28-24)10-11-27-25(23)18-2-4-19(5-3-18)26(31)30-12-14-34-15-13-30/h6-11,16-19H,2-5,12-15H2,1H3,(H,28,29). The van der Waals surface area contributed by atoms with Crippen molar-refractivity contribution in [3.8, 4) is 0 Å². The molecule has 9 heteroatoms. The van der Waals surface area contributed by atoms with Gasteiger partial charge in [0.1, 0.15) is 5.82 Å². The largest absolute Gasteiger partial charge is 0.378 e. The minimum atomic E-state index is -3.24. The Labute approximate surface area is 205 Å². The number of amides is 1. The quantitative estimate of drug-likeness (QED) is 0.574. The van der Waals surface area contributed by atoms with Crippen LogP contribution < -0.4 is 5.32 Å². The lowest BCUT2D eigenvalue weighted by molar-refractivity contribution is -0.140. The van der Waals surface area contributed by atoms with Gasteiger partial charge in [0.2, 0.25) is 5.91 Å². The van der Waals surface area contributed by atoms with Gasteiger partial charge in [-0.1, -0.05) is 0 Å². The number of morpholine rings is 1. The van der Waals surface area contributed by atoms with Gasteiger partial charge < -0.3 is 15.0 Å². The Bertz CT molecular complexity index is 1310. The van der Waals surface area contributed by atoms with E-state index in [1.807, 2.05) is 29.4 Å². The minimum Gasteiger partial charge on any atom is -0.378 e. The monoisotopic (exact) mass is 494 g/mol. The van der Waals surface area contributed by atoms with E-state index in [0.29, 0.717) is 38.0 Å². The predicted molar refractivity (Wildman–Crippen MR) is 134 cm³/mol. The Morgan fingerprint density at radius 2 is 1.74 bits per heavy atom. The van der Waals surface area contributed by atoms with E-state index in [-0.39, 0.29) is 16.7 Å². The normalized spacial score (nSPS) is 21.1. The number of benzene rings is 1. The maximum Gasteiger partial charge on any atom is 0.225 e. The number of sulfone groups is 1. The molecule has 184 valence electrons. The number of fused-ring (bicyclic) bond motifs is 1. The fourth-order valence-corrected chi connectivity index (χ4v) is 5.70. The van der Waals surface area contributed by atoms with E-state index in [1.165, 1.54) is 6.26 Å². The highest BCUT2D eigenvalue weighted by molar-refractivity contribution is 7.90. The van der Waals surface area contributed by atoms with Gasteiger partial charge in [-0.3, -0.25) is 9.78 Å². The summed E-state index contributed by atoms with van der Waals surface area (Å²) < 4.78 is 28.8. The molecule has 1 aromatic carbocycles. The Morgan fingerprint density at radius 3 is 2.43 bits per heavy atom. The molecule has 1 saturated carbocycles. The highest BCUT2D eigenvalue weighted by atomic mass is 32.2. The number of rotatable bonds is 5. The third kappa shape index (κ3) is 5.31. The topological polar surface area (TPSA) is 101 Å². The van der Waals surface area contributed by atoms with Gasteiger partial charge in [0.15, 0.2) is 9.84 Å². The van der Waals surface area contributed by atoms with Crippen LogP contribution in [0.25, 0.3) is 10.8 Å². The van der Waals surface area contributed by atoms with Gasteiger partial charge in [-0.05, 0) is 62.1 Å². The van der Waals surface area contributed by atoms with Gasteiger partial charge in [-0.2, -0.15) is 0 Å². The summed E-state index contributed by atoms with van der Waals surface area (Å²) in [6.45, 7) is 2.66. The molecular weight excluding hydrogens is 464 g/mol. The van der Waals surface area contributed by atoms with E-state index in [2.05, 4.69) is 10.3 Å². The summed E-state index contributed by atoms with van der Waals surface area (Å²) in [5.41, 5.74) is 1.81. The van der Waals surface area contributed by atoms with Crippen LogP contribution in [0.1, 0.15) is 37.3 Å². The van der Waals surface area contributed by atoms with Crippen LogP contribution in [0.2, 0.25) is 0 Å². The van der Waals surface area contributed by atoms with Crippen molar-refractivity contribution in [1.29, 1.82) is 0 Å². The Morgan fingerprint density at radius 1 is 1.03 bits per heavy atom. The molecule has 3 aromatic rings. The van der Waals surface area contributed by atoms with Crippen molar-refractivity contribution < 1.29 is 17.9 Å². The Hall–Kier alpha value is -3.04. The fourth-order valence-electron chi connectivity index (χ4n) is 5.07. The lowest BCUT2D eigenvalue weighted by atomic mass is 9.79. The molecule has 2 fully saturated rings. The van der Waals surface area contributed by atoms with Gasteiger partial charge in [0.05, 0.1) is 23.8 Å². The van der Waals surface area contributed by atoms with Crippen LogP contribution in [-0.2, 0) is 19.4 Å². The molecule has 3 heterocycles. The maximum atomic E-state index is 12.9. The molecule has 0 radical (unpaired) electrons.